The Morgan fingerprint density at radius 3 is 1.79 bits per heavy atom. The van der Waals surface area contributed by atoms with Crippen molar-refractivity contribution >= 4 is 5.78 Å². The van der Waals surface area contributed by atoms with Crippen molar-refractivity contribution in [3.05, 3.63) is 119 Å². The number of benzene rings is 4. The van der Waals surface area contributed by atoms with E-state index < -0.39 is 0 Å². The van der Waals surface area contributed by atoms with Crippen LogP contribution in [-0.4, -0.2) is 16.0 Å². The molecule has 0 bridgehead atoms. The quantitative estimate of drug-likeness (QED) is 0.232. The largest absolute Gasteiger partial charge is 0.416 e. The molecule has 186 valence electrons. The zero-order chi connectivity index (χ0) is 27.0. The number of fused-ring (bicyclic) bond motifs is 3. The first-order valence-electron chi connectivity index (χ1n) is 12.7. The third-order valence-corrected chi connectivity index (χ3v) is 6.76. The molecule has 6 rings (SSSR count). The van der Waals surface area contributed by atoms with E-state index in [9.17, 15) is 4.79 Å². The van der Waals surface area contributed by atoms with Crippen molar-refractivity contribution in [1.29, 1.82) is 0 Å². The van der Waals surface area contributed by atoms with Gasteiger partial charge in [-0.25, -0.2) is 0 Å². The highest BCUT2D eigenvalue weighted by Crippen LogP contribution is 2.36. The number of ketones is 1. The van der Waals surface area contributed by atoms with Gasteiger partial charge in [0.2, 0.25) is 11.8 Å². The fraction of sp³-hybridized carbons (Fsp3) is 0.114. The standard InChI is InChI=1S/C35H24N2O2/c1-35(2,3)27-19-17-26(18-20-27)34-37-36-33(39-34)25-15-12-23(13-16-25)8-4-5-9-24-14-21-29-28-10-6-7-11-30(28)32(38)31(29)22-24/h6-7,10-22H,1-3H3. The number of hydrogen-bond acceptors (Lipinski definition) is 4. The predicted molar refractivity (Wildman–Crippen MR) is 153 cm³/mol. The van der Waals surface area contributed by atoms with Gasteiger partial charge in [0.25, 0.3) is 0 Å². The lowest BCUT2D eigenvalue weighted by atomic mass is 9.87. The maximum atomic E-state index is 12.7. The Bertz CT molecular complexity index is 1850. The maximum absolute atomic E-state index is 12.7. The summed E-state index contributed by atoms with van der Waals surface area (Å²) in [5.41, 5.74) is 8.01. The molecule has 4 nitrogen and oxygen atoms in total. The topological polar surface area (TPSA) is 56.0 Å². The van der Waals surface area contributed by atoms with Crippen molar-refractivity contribution in [2.75, 3.05) is 0 Å². The lowest BCUT2D eigenvalue weighted by Gasteiger charge is -2.18. The average molecular weight is 505 g/mol. The summed E-state index contributed by atoms with van der Waals surface area (Å²) in [6, 6.07) is 29.2. The highest BCUT2D eigenvalue weighted by molar-refractivity contribution is 6.21. The van der Waals surface area contributed by atoms with Crippen LogP contribution in [0, 0.1) is 23.7 Å². The Balaban J connectivity index is 1.14. The monoisotopic (exact) mass is 504 g/mol. The van der Waals surface area contributed by atoms with E-state index in [1.165, 1.54) is 5.56 Å². The minimum Gasteiger partial charge on any atom is -0.416 e. The molecule has 0 aliphatic heterocycles. The molecule has 0 amide bonds. The van der Waals surface area contributed by atoms with Crippen molar-refractivity contribution in [3.8, 4) is 57.7 Å². The molecule has 4 aromatic carbocycles. The Hall–Kier alpha value is -5.19. The molecule has 0 N–H and O–H groups in total. The first-order valence-corrected chi connectivity index (χ1v) is 12.7. The van der Waals surface area contributed by atoms with E-state index in [0.29, 0.717) is 17.3 Å². The average Bonchev–Trinajstić information content (AvgIpc) is 3.55. The van der Waals surface area contributed by atoms with Crippen molar-refractivity contribution < 1.29 is 9.21 Å². The second kappa shape index (κ2) is 9.60. The highest BCUT2D eigenvalue weighted by atomic mass is 16.4. The van der Waals surface area contributed by atoms with Gasteiger partial charge in [-0.05, 0) is 82.5 Å². The minimum absolute atomic E-state index is 0.0437. The molecule has 1 aromatic heterocycles. The fourth-order valence-electron chi connectivity index (χ4n) is 4.58. The second-order valence-corrected chi connectivity index (χ2v) is 10.5. The lowest BCUT2D eigenvalue weighted by Crippen LogP contribution is -2.10. The molecule has 0 spiro atoms. The van der Waals surface area contributed by atoms with E-state index in [0.717, 1.165) is 38.9 Å². The summed E-state index contributed by atoms with van der Waals surface area (Å²) in [5.74, 6) is 12.9. The van der Waals surface area contributed by atoms with E-state index in [1.54, 1.807) is 0 Å². The van der Waals surface area contributed by atoms with Crippen LogP contribution in [0.2, 0.25) is 0 Å². The molecule has 0 atom stereocenters. The smallest absolute Gasteiger partial charge is 0.248 e. The Morgan fingerprint density at radius 1 is 0.615 bits per heavy atom. The molecule has 1 heterocycles. The van der Waals surface area contributed by atoms with Crippen LogP contribution < -0.4 is 0 Å². The molecule has 1 aliphatic rings. The summed E-state index contributed by atoms with van der Waals surface area (Å²) in [4.78, 5) is 12.7. The molecule has 39 heavy (non-hydrogen) atoms. The van der Waals surface area contributed by atoms with Crippen LogP contribution in [0.25, 0.3) is 34.0 Å². The van der Waals surface area contributed by atoms with Crippen LogP contribution in [0.5, 0.6) is 0 Å². The SMILES string of the molecule is CC(C)(C)c1ccc(-c2nnc(-c3ccc(C#CC#Cc4ccc5c(c4)C(=O)c4ccccc4-5)cc3)o2)cc1. The lowest BCUT2D eigenvalue weighted by molar-refractivity contribution is 0.104. The number of carbonyl (C=O) groups excluding carboxylic acids is 1. The minimum atomic E-state index is 0.0437. The van der Waals surface area contributed by atoms with Gasteiger partial charge in [0.05, 0.1) is 0 Å². The Kier molecular flexibility index (Phi) is 5.95. The van der Waals surface area contributed by atoms with E-state index in [2.05, 4.69) is 66.8 Å². The summed E-state index contributed by atoms with van der Waals surface area (Å²) < 4.78 is 5.92. The van der Waals surface area contributed by atoms with E-state index in [1.807, 2.05) is 78.9 Å². The fourth-order valence-corrected chi connectivity index (χ4v) is 4.58. The van der Waals surface area contributed by atoms with Crippen LogP contribution in [0.15, 0.2) is 95.4 Å². The molecule has 0 fully saturated rings. The van der Waals surface area contributed by atoms with Crippen LogP contribution in [-0.2, 0) is 5.41 Å². The number of aromatic nitrogens is 2. The van der Waals surface area contributed by atoms with Crippen LogP contribution in [0.3, 0.4) is 0 Å². The number of nitrogens with zero attached hydrogens (tertiary/aromatic N) is 2. The van der Waals surface area contributed by atoms with Crippen LogP contribution >= 0.6 is 0 Å². The number of hydrogen-bond donors (Lipinski definition) is 0. The van der Waals surface area contributed by atoms with Gasteiger partial charge in [0, 0.05) is 33.4 Å². The second-order valence-electron chi connectivity index (χ2n) is 10.5. The molecular weight excluding hydrogens is 480 g/mol. The van der Waals surface area contributed by atoms with Gasteiger partial charge in [0.1, 0.15) is 0 Å². The van der Waals surface area contributed by atoms with E-state index >= 15 is 0 Å². The van der Waals surface area contributed by atoms with Crippen molar-refractivity contribution in [2.45, 2.75) is 26.2 Å². The predicted octanol–water partition coefficient (Wildman–Crippen LogP) is 7.32. The van der Waals surface area contributed by atoms with Gasteiger partial charge >= 0.3 is 0 Å². The van der Waals surface area contributed by atoms with Gasteiger partial charge in [-0.1, -0.05) is 75.1 Å². The zero-order valence-corrected chi connectivity index (χ0v) is 21.9. The summed E-state index contributed by atoms with van der Waals surface area (Å²) in [5, 5.41) is 8.44. The molecule has 4 heteroatoms. The molecule has 0 radical (unpaired) electrons. The van der Waals surface area contributed by atoms with Crippen LogP contribution in [0.4, 0.5) is 0 Å². The summed E-state index contributed by atoms with van der Waals surface area (Å²) in [6.07, 6.45) is 0. The van der Waals surface area contributed by atoms with Gasteiger partial charge < -0.3 is 4.42 Å². The van der Waals surface area contributed by atoms with Crippen molar-refractivity contribution in [1.82, 2.24) is 10.2 Å². The molecule has 0 unspecified atom stereocenters. The first kappa shape index (κ1) is 24.2. The van der Waals surface area contributed by atoms with Gasteiger partial charge in [-0.15, -0.1) is 10.2 Å². The van der Waals surface area contributed by atoms with E-state index in [-0.39, 0.29) is 11.2 Å². The Labute approximate surface area is 227 Å². The number of rotatable bonds is 2. The normalized spacial score (nSPS) is 11.6. The highest BCUT2D eigenvalue weighted by Gasteiger charge is 2.26. The van der Waals surface area contributed by atoms with Crippen molar-refractivity contribution in [2.24, 2.45) is 0 Å². The first-order chi connectivity index (χ1) is 18.9. The summed E-state index contributed by atoms with van der Waals surface area (Å²) in [6.45, 7) is 6.55. The van der Waals surface area contributed by atoms with Gasteiger partial charge in [-0.3, -0.25) is 4.79 Å². The van der Waals surface area contributed by atoms with Gasteiger partial charge in [0.15, 0.2) is 5.78 Å². The van der Waals surface area contributed by atoms with Gasteiger partial charge in [-0.2, -0.15) is 0 Å². The van der Waals surface area contributed by atoms with E-state index in [4.69, 9.17) is 4.42 Å². The zero-order valence-electron chi connectivity index (χ0n) is 21.9. The molecular formula is C35H24N2O2. The molecule has 0 saturated carbocycles. The summed E-state index contributed by atoms with van der Waals surface area (Å²) >= 11 is 0. The maximum Gasteiger partial charge on any atom is 0.248 e. The number of carbonyl (C=O) groups is 1. The van der Waals surface area contributed by atoms with Crippen LogP contribution in [0.1, 0.15) is 53.4 Å². The summed E-state index contributed by atoms with van der Waals surface area (Å²) in [7, 11) is 0. The molecule has 0 saturated heterocycles. The third kappa shape index (κ3) is 4.77. The molecule has 5 aromatic rings. The van der Waals surface area contributed by atoms with Crippen molar-refractivity contribution in [3.63, 3.8) is 0 Å². The third-order valence-electron chi connectivity index (χ3n) is 6.76. The molecule has 1 aliphatic carbocycles. The Morgan fingerprint density at radius 2 is 1.15 bits per heavy atom.